The lowest BCUT2D eigenvalue weighted by Gasteiger charge is -2.47. The molecule has 1 aromatic carbocycles. The Morgan fingerprint density at radius 2 is 2.00 bits per heavy atom. The van der Waals surface area contributed by atoms with Crippen LogP contribution in [0.15, 0.2) is 18.3 Å². The molecule has 0 atom stereocenters. The normalized spacial score (nSPS) is 24.6. The fourth-order valence-electron chi connectivity index (χ4n) is 3.98. The van der Waals surface area contributed by atoms with Crippen LogP contribution in [0.5, 0.6) is 0 Å². The van der Waals surface area contributed by atoms with Crippen molar-refractivity contribution in [3.05, 3.63) is 35.0 Å². The molecular weight excluding hydrogens is 338 g/mol. The summed E-state index contributed by atoms with van der Waals surface area (Å²) in [7, 11) is 0. The summed E-state index contributed by atoms with van der Waals surface area (Å²) in [5.41, 5.74) is 3.03. The Labute approximate surface area is 153 Å². The molecule has 0 radical (unpaired) electrons. The van der Waals surface area contributed by atoms with Gasteiger partial charge in [-0.2, -0.15) is 5.26 Å². The van der Waals surface area contributed by atoms with Gasteiger partial charge >= 0.3 is 5.97 Å². The van der Waals surface area contributed by atoms with Crippen LogP contribution in [0.2, 0.25) is 0 Å². The molecule has 0 aliphatic carbocycles. The van der Waals surface area contributed by atoms with E-state index in [1.54, 1.807) is 12.3 Å². The molecule has 6 heteroatoms. The van der Waals surface area contributed by atoms with E-state index in [0.717, 1.165) is 55.4 Å². The average molecular weight is 360 g/mol. The molecule has 3 aliphatic heterocycles. The van der Waals surface area contributed by atoms with Gasteiger partial charge in [0.25, 0.3) is 0 Å². The largest absolute Gasteiger partial charge is 0.461 e. The lowest BCUT2D eigenvalue weighted by atomic mass is 9.73. The van der Waals surface area contributed by atoms with Gasteiger partial charge in [-0.1, -0.05) is 0 Å². The summed E-state index contributed by atoms with van der Waals surface area (Å²) in [5.74, 6) is -0.271. The number of aromatic amines is 1. The monoisotopic (exact) mass is 359 g/mol. The van der Waals surface area contributed by atoms with Crippen molar-refractivity contribution in [1.82, 2.24) is 9.88 Å². The van der Waals surface area contributed by atoms with Gasteiger partial charge in [0, 0.05) is 22.5 Å². The number of esters is 1. The van der Waals surface area contributed by atoms with Crippen molar-refractivity contribution < 1.29 is 9.53 Å². The number of piperidine rings is 3. The maximum atomic E-state index is 12.6. The van der Waals surface area contributed by atoms with Crippen molar-refractivity contribution >= 4 is 29.3 Å². The van der Waals surface area contributed by atoms with E-state index < -0.39 is 0 Å². The summed E-state index contributed by atoms with van der Waals surface area (Å²) in [5, 5.41) is 9.95. The quantitative estimate of drug-likeness (QED) is 0.852. The molecule has 5 nitrogen and oxygen atoms in total. The minimum Gasteiger partial charge on any atom is -0.461 e. The van der Waals surface area contributed by atoms with Crippen LogP contribution >= 0.6 is 12.4 Å². The lowest BCUT2D eigenvalue weighted by molar-refractivity contribution is -0.0304. The van der Waals surface area contributed by atoms with Crippen molar-refractivity contribution in [2.24, 2.45) is 5.41 Å². The molecular formula is C19H22ClN3O2. The number of hydrogen-bond donors (Lipinski definition) is 1. The lowest BCUT2D eigenvalue weighted by Crippen LogP contribution is -2.50. The van der Waals surface area contributed by atoms with E-state index in [9.17, 15) is 4.79 Å². The van der Waals surface area contributed by atoms with Crippen molar-refractivity contribution in [2.75, 3.05) is 26.2 Å². The van der Waals surface area contributed by atoms with Crippen LogP contribution in [-0.4, -0.2) is 42.1 Å². The second kappa shape index (κ2) is 6.70. The molecule has 3 saturated heterocycles. The second-order valence-corrected chi connectivity index (χ2v) is 7.19. The zero-order valence-electron chi connectivity index (χ0n) is 14.3. The number of aryl methyl sites for hydroxylation is 1. The number of carbonyl (C=O) groups is 1. The first-order valence-electron chi connectivity index (χ1n) is 8.52. The molecule has 1 N–H and O–H groups in total. The number of nitrogens with zero attached hydrogens (tertiary/aromatic N) is 2. The number of nitriles is 1. The van der Waals surface area contributed by atoms with E-state index in [2.05, 4.69) is 16.0 Å². The van der Waals surface area contributed by atoms with Gasteiger partial charge in [-0.25, -0.2) is 4.79 Å². The first-order chi connectivity index (χ1) is 11.6. The molecule has 0 amide bonds. The molecule has 5 rings (SSSR count). The van der Waals surface area contributed by atoms with Crippen LogP contribution in [0.25, 0.3) is 10.9 Å². The highest BCUT2D eigenvalue weighted by molar-refractivity contribution is 6.04. The van der Waals surface area contributed by atoms with Crippen molar-refractivity contribution in [1.29, 1.82) is 5.26 Å². The van der Waals surface area contributed by atoms with E-state index in [0.29, 0.717) is 17.7 Å². The zero-order chi connectivity index (χ0) is 16.7. The minimum absolute atomic E-state index is 0. The van der Waals surface area contributed by atoms with Gasteiger partial charge in [0.15, 0.2) is 0 Å². The molecule has 2 bridgehead atoms. The van der Waals surface area contributed by atoms with Crippen LogP contribution < -0.4 is 0 Å². The van der Waals surface area contributed by atoms with Gasteiger partial charge in [0.1, 0.15) is 0 Å². The number of benzene rings is 1. The number of halogens is 1. The maximum Gasteiger partial charge on any atom is 0.340 e. The molecule has 132 valence electrons. The molecule has 2 aromatic rings. The second-order valence-electron chi connectivity index (χ2n) is 7.19. The Bertz CT molecular complexity index is 830. The summed E-state index contributed by atoms with van der Waals surface area (Å²) in [6.07, 6.45) is 5.06. The third-order valence-corrected chi connectivity index (χ3v) is 5.75. The van der Waals surface area contributed by atoms with Crippen molar-refractivity contribution in [3.8, 4) is 6.07 Å². The van der Waals surface area contributed by atoms with Crippen LogP contribution in [0, 0.1) is 23.7 Å². The number of hydrogen-bond acceptors (Lipinski definition) is 4. The average Bonchev–Trinajstić information content (AvgIpc) is 3.03. The Kier molecular flexibility index (Phi) is 4.77. The highest BCUT2D eigenvalue weighted by Crippen LogP contribution is 2.40. The fraction of sp³-hybridized carbons (Fsp3) is 0.474. The molecule has 1 aromatic heterocycles. The van der Waals surface area contributed by atoms with Gasteiger partial charge in [0.05, 0.1) is 23.8 Å². The number of nitrogens with one attached hydrogen (secondary N) is 1. The molecule has 0 spiro atoms. The first-order valence-corrected chi connectivity index (χ1v) is 8.52. The number of fused-ring (bicyclic) bond motifs is 4. The van der Waals surface area contributed by atoms with Gasteiger partial charge in [-0.15, -0.1) is 12.4 Å². The van der Waals surface area contributed by atoms with Gasteiger partial charge in [-0.3, -0.25) is 0 Å². The Balaban J connectivity index is 0.00000182. The summed E-state index contributed by atoms with van der Waals surface area (Å²) in [6, 6.07) is 5.85. The topological polar surface area (TPSA) is 69.1 Å². The van der Waals surface area contributed by atoms with Crippen LogP contribution in [-0.2, 0) is 4.74 Å². The Hall–Kier alpha value is -2.03. The fourth-order valence-corrected chi connectivity index (χ4v) is 3.98. The standard InChI is InChI=1S/C19H21N3O2.ClH/c1-13-8-15-16(11-21-17(15)9-14(13)10-20)18(23)24-12-19-2-5-22(6-3-19)7-4-19;/h8-9,11,21H,2-7,12H2,1H3;1H. The van der Waals surface area contributed by atoms with E-state index in [4.69, 9.17) is 10.00 Å². The number of ether oxygens (including phenoxy) is 1. The van der Waals surface area contributed by atoms with Gasteiger partial charge < -0.3 is 14.6 Å². The summed E-state index contributed by atoms with van der Waals surface area (Å²) >= 11 is 0. The molecule has 3 aliphatic rings. The number of aromatic nitrogens is 1. The predicted molar refractivity (Wildman–Crippen MR) is 98.0 cm³/mol. The predicted octanol–water partition coefficient (Wildman–Crippen LogP) is 3.41. The van der Waals surface area contributed by atoms with E-state index >= 15 is 0 Å². The molecule has 0 unspecified atom stereocenters. The van der Waals surface area contributed by atoms with E-state index in [1.807, 2.05) is 13.0 Å². The van der Waals surface area contributed by atoms with E-state index in [1.165, 1.54) is 0 Å². The molecule has 0 saturated carbocycles. The maximum absolute atomic E-state index is 12.6. The molecule has 25 heavy (non-hydrogen) atoms. The highest BCUT2D eigenvalue weighted by atomic mass is 35.5. The SMILES string of the molecule is Cc1cc2c(C(=O)OCC34CCN(CC3)CC4)c[nH]c2cc1C#N.Cl. The summed E-state index contributed by atoms with van der Waals surface area (Å²) in [6.45, 7) is 5.78. The first kappa shape index (κ1) is 17.8. The summed E-state index contributed by atoms with van der Waals surface area (Å²) < 4.78 is 5.71. The molecule has 3 fully saturated rings. The zero-order valence-corrected chi connectivity index (χ0v) is 15.1. The number of rotatable bonds is 3. The van der Waals surface area contributed by atoms with Crippen molar-refractivity contribution in [3.63, 3.8) is 0 Å². The number of H-pyrrole nitrogens is 1. The van der Waals surface area contributed by atoms with Crippen LogP contribution in [0.4, 0.5) is 0 Å². The Morgan fingerprint density at radius 3 is 2.64 bits per heavy atom. The van der Waals surface area contributed by atoms with Gasteiger partial charge in [-0.05, 0) is 63.5 Å². The van der Waals surface area contributed by atoms with E-state index in [-0.39, 0.29) is 23.8 Å². The Morgan fingerprint density at radius 1 is 1.32 bits per heavy atom. The van der Waals surface area contributed by atoms with Crippen molar-refractivity contribution in [2.45, 2.75) is 26.2 Å². The van der Waals surface area contributed by atoms with Gasteiger partial charge in [0.2, 0.25) is 0 Å². The highest BCUT2D eigenvalue weighted by Gasteiger charge is 2.40. The third-order valence-electron chi connectivity index (χ3n) is 5.75. The minimum atomic E-state index is -0.271. The van der Waals surface area contributed by atoms with Crippen LogP contribution in [0.3, 0.4) is 0 Å². The summed E-state index contributed by atoms with van der Waals surface area (Å²) in [4.78, 5) is 18.1. The third kappa shape index (κ3) is 3.12. The smallest absolute Gasteiger partial charge is 0.340 e. The number of carbonyl (C=O) groups excluding carboxylic acids is 1. The van der Waals surface area contributed by atoms with Crippen LogP contribution in [0.1, 0.15) is 40.7 Å². The molecule has 4 heterocycles.